The van der Waals surface area contributed by atoms with E-state index in [-0.39, 0.29) is 36.8 Å². The summed E-state index contributed by atoms with van der Waals surface area (Å²) in [5, 5.41) is 4.76. The molecule has 2 fully saturated rings. The van der Waals surface area contributed by atoms with Gasteiger partial charge in [0.25, 0.3) is 5.92 Å². The van der Waals surface area contributed by atoms with Crippen LogP contribution in [0.4, 0.5) is 13.2 Å². The summed E-state index contributed by atoms with van der Waals surface area (Å²) < 4.78 is 45.7. The lowest BCUT2D eigenvalue weighted by Crippen LogP contribution is -2.75. The normalized spacial score (nSPS) is 29.7. The summed E-state index contributed by atoms with van der Waals surface area (Å²) >= 11 is 11.9. The first-order chi connectivity index (χ1) is 13.7. The van der Waals surface area contributed by atoms with Crippen LogP contribution >= 0.6 is 23.2 Å². The summed E-state index contributed by atoms with van der Waals surface area (Å²) in [6, 6.07) is -1.68. The number of halogens is 5. The van der Waals surface area contributed by atoms with Gasteiger partial charge in [0, 0.05) is 12.6 Å². The Balaban J connectivity index is 1.55. The fourth-order valence-electron chi connectivity index (χ4n) is 4.55. The van der Waals surface area contributed by atoms with Gasteiger partial charge in [-0.3, -0.25) is 14.3 Å². The van der Waals surface area contributed by atoms with E-state index >= 15 is 0 Å². The number of aromatic nitrogens is 4. The summed E-state index contributed by atoms with van der Waals surface area (Å²) in [6.45, 7) is -0.486. The monoisotopic (exact) mass is 447 g/mol. The van der Waals surface area contributed by atoms with E-state index in [2.05, 4.69) is 10.1 Å². The minimum atomic E-state index is -3.42. The van der Waals surface area contributed by atoms with E-state index < -0.39 is 41.7 Å². The van der Waals surface area contributed by atoms with Gasteiger partial charge in [-0.15, -0.1) is 0 Å². The van der Waals surface area contributed by atoms with Crippen LogP contribution < -0.4 is 5.69 Å². The fourth-order valence-corrected chi connectivity index (χ4v) is 4.99. The highest BCUT2D eigenvalue weighted by atomic mass is 35.5. The van der Waals surface area contributed by atoms with Crippen molar-refractivity contribution in [2.45, 2.75) is 43.6 Å². The van der Waals surface area contributed by atoms with Gasteiger partial charge in [0.2, 0.25) is 5.91 Å². The van der Waals surface area contributed by atoms with Crippen molar-refractivity contribution in [3.05, 3.63) is 44.3 Å². The molecule has 0 spiro atoms. The van der Waals surface area contributed by atoms with Crippen LogP contribution in [0.1, 0.15) is 24.0 Å². The van der Waals surface area contributed by atoms with Gasteiger partial charge in [0.15, 0.2) is 0 Å². The standard InChI is InChI=1S/C17H14Cl2F3N5O2/c18-7-3-9(19)11(23-4-7)6-26-16(29)27-12(24-26)2-1-8-13(27)15(28)25-5-10(20)14(25)17(8,21)22/h3-4,8,10,13-14H,1-2,5-6H2. The Bertz CT molecular complexity index is 1090. The van der Waals surface area contributed by atoms with Crippen LogP contribution in [0.5, 0.6) is 0 Å². The molecule has 0 bridgehead atoms. The molecule has 3 aliphatic heterocycles. The van der Waals surface area contributed by atoms with E-state index in [1.54, 1.807) is 0 Å². The van der Waals surface area contributed by atoms with Gasteiger partial charge in [-0.2, -0.15) is 5.10 Å². The maximum atomic E-state index is 14.9. The number of carbonyl (C=O) groups is 1. The van der Waals surface area contributed by atoms with Crippen molar-refractivity contribution >= 4 is 29.1 Å². The maximum absolute atomic E-state index is 14.9. The zero-order chi connectivity index (χ0) is 20.7. The van der Waals surface area contributed by atoms with E-state index in [4.69, 9.17) is 23.2 Å². The number of amides is 1. The summed E-state index contributed by atoms with van der Waals surface area (Å²) in [6.07, 6.45) is -0.370. The van der Waals surface area contributed by atoms with Crippen LogP contribution in [0.25, 0.3) is 0 Å². The zero-order valence-electron chi connectivity index (χ0n) is 14.7. The molecule has 2 aromatic heterocycles. The quantitative estimate of drug-likeness (QED) is 0.706. The Morgan fingerprint density at radius 2 is 2.03 bits per heavy atom. The molecule has 0 N–H and O–H groups in total. The van der Waals surface area contributed by atoms with Crippen LogP contribution in [-0.2, 0) is 17.8 Å². The molecule has 154 valence electrons. The molecule has 0 aliphatic carbocycles. The molecule has 0 aromatic carbocycles. The predicted molar refractivity (Wildman–Crippen MR) is 96.0 cm³/mol. The Morgan fingerprint density at radius 1 is 1.28 bits per heavy atom. The Morgan fingerprint density at radius 3 is 2.72 bits per heavy atom. The van der Waals surface area contributed by atoms with Gasteiger partial charge >= 0.3 is 5.69 Å². The van der Waals surface area contributed by atoms with Crippen molar-refractivity contribution in [3.63, 3.8) is 0 Å². The SMILES string of the molecule is O=C1C2C(CCc3nn(Cc4ncc(Cl)cc4Cl)c(=O)n32)C(F)(F)C2C(F)CN12. The molecule has 2 saturated heterocycles. The molecule has 5 heterocycles. The van der Waals surface area contributed by atoms with Gasteiger partial charge in [-0.25, -0.2) is 22.6 Å². The molecule has 2 aromatic rings. The molecule has 0 radical (unpaired) electrons. The molecule has 3 aliphatic rings. The summed E-state index contributed by atoms with van der Waals surface area (Å²) in [4.78, 5) is 30.7. The van der Waals surface area contributed by atoms with Crippen molar-refractivity contribution in [2.24, 2.45) is 5.92 Å². The molecule has 12 heteroatoms. The number of carbonyl (C=O) groups excluding carboxylic acids is 1. The molecule has 4 atom stereocenters. The number of aryl methyl sites for hydroxylation is 1. The van der Waals surface area contributed by atoms with Crippen molar-refractivity contribution < 1.29 is 18.0 Å². The number of hydrogen-bond acceptors (Lipinski definition) is 4. The summed E-state index contributed by atoms with van der Waals surface area (Å²) in [5.41, 5.74) is -0.379. The summed E-state index contributed by atoms with van der Waals surface area (Å²) in [5.74, 6) is -5.29. The van der Waals surface area contributed by atoms with Crippen LogP contribution in [0.15, 0.2) is 17.1 Å². The lowest BCUT2D eigenvalue weighted by molar-refractivity contribution is -0.231. The van der Waals surface area contributed by atoms with Crippen molar-refractivity contribution in [1.82, 2.24) is 24.2 Å². The van der Waals surface area contributed by atoms with Gasteiger partial charge in [0.1, 0.15) is 24.1 Å². The molecular formula is C17H14Cl2F3N5O2. The Labute approximate surface area is 172 Å². The third-order valence-electron chi connectivity index (χ3n) is 5.94. The van der Waals surface area contributed by atoms with Crippen molar-refractivity contribution in [2.75, 3.05) is 6.54 Å². The Hall–Kier alpha value is -2.07. The van der Waals surface area contributed by atoms with Gasteiger partial charge in [-0.05, 0) is 12.5 Å². The van der Waals surface area contributed by atoms with Crippen molar-refractivity contribution in [1.29, 1.82) is 0 Å². The average Bonchev–Trinajstić information content (AvgIpc) is 2.95. The van der Waals surface area contributed by atoms with E-state index in [9.17, 15) is 22.8 Å². The average molecular weight is 448 g/mol. The van der Waals surface area contributed by atoms with Crippen molar-refractivity contribution in [3.8, 4) is 0 Å². The second-order valence-corrected chi connectivity index (χ2v) is 8.37. The first-order valence-corrected chi connectivity index (χ1v) is 9.76. The van der Waals surface area contributed by atoms with Crippen LogP contribution in [0.3, 0.4) is 0 Å². The molecular weight excluding hydrogens is 434 g/mol. The lowest BCUT2D eigenvalue weighted by atomic mass is 9.73. The first kappa shape index (κ1) is 18.9. The van der Waals surface area contributed by atoms with E-state index in [1.807, 2.05) is 0 Å². The second kappa shape index (κ2) is 6.21. The third-order valence-corrected chi connectivity index (χ3v) is 6.47. The number of fused-ring (bicyclic) bond motifs is 4. The summed E-state index contributed by atoms with van der Waals surface area (Å²) in [7, 11) is 0. The molecule has 5 rings (SSSR count). The highest BCUT2D eigenvalue weighted by molar-refractivity contribution is 6.34. The first-order valence-electron chi connectivity index (χ1n) is 9.00. The van der Waals surface area contributed by atoms with Gasteiger partial charge < -0.3 is 4.90 Å². The van der Waals surface area contributed by atoms with Gasteiger partial charge in [0.05, 0.1) is 34.7 Å². The third kappa shape index (κ3) is 2.58. The van der Waals surface area contributed by atoms with Crippen LogP contribution in [-0.4, -0.2) is 54.8 Å². The molecule has 0 saturated carbocycles. The number of pyridine rings is 1. The molecule has 1 amide bonds. The van der Waals surface area contributed by atoms with E-state index in [1.165, 1.54) is 12.3 Å². The largest absolute Gasteiger partial charge is 0.347 e. The second-order valence-electron chi connectivity index (χ2n) is 7.52. The molecule has 7 nitrogen and oxygen atoms in total. The number of hydrogen-bond donors (Lipinski definition) is 0. The minimum Gasteiger partial charge on any atom is -0.326 e. The maximum Gasteiger partial charge on any atom is 0.347 e. The molecule has 29 heavy (non-hydrogen) atoms. The van der Waals surface area contributed by atoms with E-state index in [0.29, 0.717) is 10.7 Å². The minimum absolute atomic E-state index is 0.0587. The Kier molecular flexibility index (Phi) is 4.05. The zero-order valence-corrected chi connectivity index (χ0v) is 16.2. The topological polar surface area (TPSA) is 73.0 Å². The highest BCUT2D eigenvalue weighted by Gasteiger charge is 2.68. The van der Waals surface area contributed by atoms with E-state index in [0.717, 1.165) is 14.1 Å². The number of rotatable bonds is 2. The smallest absolute Gasteiger partial charge is 0.326 e. The predicted octanol–water partition coefficient (Wildman–Crippen LogP) is 2.10. The number of alkyl halides is 3. The highest BCUT2D eigenvalue weighted by Crippen LogP contribution is 2.52. The number of piperidine rings is 1. The van der Waals surface area contributed by atoms with Crippen LogP contribution in [0, 0.1) is 5.92 Å². The molecule has 4 unspecified atom stereocenters. The lowest BCUT2D eigenvalue weighted by Gasteiger charge is -2.56. The van der Waals surface area contributed by atoms with Gasteiger partial charge in [-0.1, -0.05) is 23.2 Å². The number of nitrogens with zero attached hydrogens (tertiary/aromatic N) is 5. The van der Waals surface area contributed by atoms with Crippen LogP contribution in [0.2, 0.25) is 10.0 Å². The fraction of sp³-hybridized carbons (Fsp3) is 0.529.